The van der Waals surface area contributed by atoms with E-state index in [2.05, 4.69) is 0 Å². The Morgan fingerprint density at radius 2 is 1.09 bits per heavy atom. The van der Waals surface area contributed by atoms with Gasteiger partial charge in [-0.1, -0.05) is 0 Å². The summed E-state index contributed by atoms with van der Waals surface area (Å²) in [6, 6.07) is 0. The molecule has 3 nitrogen and oxygen atoms in total. The first kappa shape index (κ1) is 13.8. The van der Waals surface area contributed by atoms with Crippen molar-refractivity contribution in [1.82, 2.24) is 0 Å². The van der Waals surface area contributed by atoms with Crippen molar-refractivity contribution in [2.75, 3.05) is 0 Å². The first-order chi connectivity index (χ1) is 4.46. The summed E-state index contributed by atoms with van der Waals surface area (Å²) in [5, 5.41) is 0. The molecule has 0 saturated heterocycles. The van der Waals surface area contributed by atoms with Gasteiger partial charge >= 0.3 is 37.7 Å². The van der Waals surface area contributed by atoms with Crippen LogP contribution in [-0.4, -0.2) is 55.1 Å². The summed E-state index contributed by atoms with van der Waals surface area (Å²) in [6.45, 7) is 3.73. The van der Waals surface area contributed by atoms with Gasteiger partial charge in [-0.15, -0.1) is 0 Å². The van der Waals surface area contributed by atoms with E-state index in [0.717, 1.165) is 0 Å². The molecule has 0 amide bonds. The molecule has 0 bridgehead atoms. The van der Waals surface area contributed by atoms with Crippen LogP contribution in [0.4, 0.5) is 0 Å². The molecule has 0 N–H and O–H groups in total. The van der Waals surface area contributed by atoms with Gasteiger partial charge in [0.05, 0.1) is 0 Å². The van der Waals surface area contributed by atoms with E-state index in [1.54, 1.807) is 0 Å². The van der Waals surface area contributed by atoms with Gasteiger partial charge in [-0.2, -0.15) is 0 Å². The average molecular weight is 184 g/mol. The Morgan fingerprint density at radius 3 is 1.09 bits per heavy atom. The van der Waals surface area contributed by atoms with Crippen molar-refractivity contribution in [2.45, 2.75) is 20.8 Å². The zero-order valence-corrected chi connectivity index (χ0v) is 9.22. The maximum absolute atomic E-state index is 10.6. The fourth-order valence-electron chi connectivity index (χ4n) is 0.859. The third kappa shape index (κ3) is 4.67. The Kier molecular flexibility index (Phi) is 7.37. The fourth-order valence-corrected chi connectivity index (χ4v) is 0.859. The maximum Gasteiger partial charge on any atom is 2.00 e. The third-order valence-electron chi connectivity index (χ3n) is 1.22. The molecule has 60 valence electrons. The largest absolute Gasteiger partial charge is 2.00 e. The van der Waals surface area contributed by atoms with Crippen LogP contribution in [0, 0.1) is 5.92 Å². The van der Waals surface area contributed by atoms with Gasteiger partial charge in [0.15, 0.2) is 0 Å². The van der Waals surface area contributed by atoms with Gasteiger partial charge in [0.25, 0.3) is 0 Å². The molecule has 0 aromatic carbocycles. The molecule has 0 saturated carbocycles. The van der Waals surface area contributed by atoms with E-state index < -0.39 is 5.92 Å². The first-order valence-electron chi connectivity index (χ1n) is 2.98. The minimum atomic E-state index is -1.03. The molecule has 0 aromatic heterocycles. The number of carbonyl (C=O) groups excluding carboxylic acids is 3. The van der Waals surface area contributed by atoms with Gasteiger partial charge in [0, 0.05) is 0 Å². The van der Waals surface area contributed by atoms with Crippen molar-refractivity contribution in [1.29, 1.82) is 0 Å². The Labute approximate surface area is 98.5 Å². The van der Waals surface area contributed by atoms with Crippen molar-refractivity contribution in [3.63, 3.8) is 0 Å². The van der Waals surface area contributed by atoms with Crippen molar-refractivity contribution >= 4 is 55.1 Å². The molecule has 11 heavy (non-hydrogen) atoms. The van der Waals surface area contributed by atoms with Crippen LogP contribution in [0.5, 0.6) is 0 Å². The number of hydrogen-bond acceptors (Lipinski definition) is 3. The van der Waals surface area contributed by atoms with Gasteiger partial charge in [-0.05, 0) is 20.8 Å². The zero-order chi connectivity index (χ0) is 8.31. The van der Waals surface area contributed by atoms with Crippen molar-refractivity contribution in [3.05, 3.63) is 0 Å². The normalized spacial score (nSPS) is 8.73. The Balaban J connectivity index is -0.000000135. The van der Waals surface area contributed by atoms with Crippen LogP contribution < -0.4 is 0 Å². The van der Waals surface area contributed by atoms with Crippen LogP contribution in [-0.2, 0) is 14.4 Å². The van der Waals surface area contributed by atoms with Gasteiger partial charge < -0.3 is 2.85 Å². The molecule has 0 rings (SSSR count). The van der Waals surface area contributed by atoms with E-state index >= 15 is 0 Å². The molecule has 0 spiro atoms. The summed E-state index contributed by atoms with van der Waals surface area (Å²) in [4.78, 5) is 31.8. The van der Waals surface area contributed by atoms with Crippen LogP contribution in [0.1, 0.15) is 23.6 Å². The molecule has 4 heteroatoms. The van der Waals surface area contributed by atoms with E-state index in [-0.39, 0.29) is 57.9 Å². The van der Waals surface area contributed by atoms with Crippen LogP contribution in [0.25, 0.3) is 0 Å². The molecular weight excluding hydrogens is 172 g/mol. The Morgan fingerprint density at radius 1 is 0.909 bits per heavy atom. The van der Waals surface area contributed by atoms with E-state index in [0.29, 0.717) is 0 Å². The minimum Gasteiger partial charge on any atom is -1.00 e. The summed E-state index contributed by atoms with van der Waals surface area (Å²) < 4.78 is 0. The van der Waals surface area contributed by atoms with E-state index in [1.165, 1.54) is 20.8 Å². The van der Waals surface area contributed by atoms with Crippen molar-refractivity contribution in [2.24, 2.45) is 5.92 Å². The van der Waals surface area contributed by atoms with Gasteiger partial charge in [0.2, 0.25) is 0 Å². The SMILES string of the molecule is CC(=O)C(C(C)=O)C(C)=O.[Ca+2].[H-].[H-]. The molecule has 0 heterocycles. The second kappa shape index (κ2) is 5.86. The second-order valence-corrected chi connectivity index (χ2v) is 2.26. The fraction of sp³-hybridized carbons (Fsp3) is 0.571. The molecule has 0 atom stereocenters. The van der Waals surface area contributed by atoms with Crippen LogP contribution >= 0.6 is 0 Å². The van der Waals surface area contributed by atoms with Crippen molar-refractivity contribution < 1.29 is 17.2 Å². The van der Waals surface area contributed by atoms with Crippen LogP contribution in [0.3, 0.4) is 0 Å². The number of hydrogen-bond donors (Lipinski definition) is 0. The molecule has 0 aliphatic carbocycles. The van der Waals surface area contributed by atoms with E-state index in [1.807, 2.05) is 0 Å². The molecule has 0 aliphatic heterocycles. The third-order valence-corrected chi connectivity index (χ3v) is 1.22. The molecule has 0 fully saturated rings. The predicted molar refractivity (Wildman–Crippen MR) is 43.5 cm³/mol. The smallest absolute Gasteiger partial charge is 1.00 e. The number of Topliss-reactive ketones (excluding diaryl/α,β-unsaturated/α-hetero) is 3. The standard InChI is InChI=1S/C7H10O3.Ca.2H/c1-4(8)7(5(2)9)6(3)10;;;/h7H,1-3H3;;;/q;+2;2*-1. The summed E-state index contributed by atoms with van der Waals surface area (Å²) in [5.41, 5.74) is 0. The molecule has 0 aliphatic rings. The van der Waals surface area contributed by atoms with Crippen LogP contribution in [0.15, 0.2) is 0 Å². The van der Waals surface area contributed by atoms with Gasteiger partial charge in [-0.3, -0.25) is 14.4 Å². The summed E-state index contributed by atoms with van der Waals surface area (Å²) >= 11 is 0. The zero-order valence-electron chi connectivity index (χ0n) is 9.01. The monoisotopic (exact) mass is 184 g/mol. The first-order valence-corrected chi connectivity index (χ1v) is 2.98. The Bertz CT molecular complexity index is 161. The summed E-state index contributed by atoms with van der Waals surface area (Å²) in [6.07, 6.45) is 0. The van der Waals surface area contributed by atoms with E-state index in [9.17, 15) is 14.4 Å². The summed E-state index contributed by atoms with van der Waals surface area (Å²) in [7, 11) is 0. The predicted octanol–water partition coefficient (Wildman–Crippen LogP) is 0.214. The maximum atomic E-state index is 10.6. The molecular formula is C7H12CaO3. The topological polar surface area (TPSA) is 51.2 Å². The average Bonchev–Trinajstić information content (AvgIpc) is 1.59. The summed E-state index contributed by atoms with van der Waals surface area (Å²) in [5.74, 6) is -2.15. The number of rotatable bonds is 3. The second-order valence-electron chi connectivity index (χ2n) is 2.26. The molecule has 0 radical (unpaired) electrons. The van der Waals surface area contributed by atoms with E-state index in [4.69, 9.17) is 0 Å². The number of ketones is 3. The Hall–Kier alpha value is 0.270. The van der Waals surface area contributed by atoms with Gasteiger partial charge in [-0.25, -0.2) is 0 Å². The van der Waals surface area contributed by atoms with Gasteiger partial charge in [0.1, 0.15) is 23.3 Å². The van der Waals surface area contributed by atoms with Crippen molar-refractivity contribution in [3.8, 4) is 0 Å². The van der Waals surface area contributed by atoms with Crippen LogP contribution in [0.2, 0.25) is 0 Å². The quantitative estimate of drug-likeness (QED) is 0.465. The molecule has 0 unspecified atom stereocenters. The number of carbonyl (C=O) groups is 3. The minimum absolute atomic E-state index is 0. The molecule has 0 aromatic rings.